The van der Waals surface area contributed by atoms with Crippen molar-refractivity contribution >= 4 is 0 Å². The smallest absolute Gasteiger partial charge is 0.231 e. The number of aromatic nitrogens is 3. The van der Waals surface area contributed by atoms with Gasteiger partial charge in [0.15, 0.2) is 23.0 Å². The third-order valence-corrected chi connectivity index (χ3v) is 7.98. The minimum Gasteiger partial charge on any atom is -0.496 e. The molecule has 3 aromatic rings. The molecule has 0 N–H and O–H groups in total. The van der Waals surface area contributed by atoms with Gasteiger partial charge in [0.25, 0.3) is 0 Å². The first-order valence-corrected chi connectivity index (χ1v) is 13.2. The standard InChI is InChI=1S/C28H31N3O9/c1-15(2)31-9-16(29-30-31)10-40-28-12-35-26(17-5-22-24(38-13-36-22)7-20(17)32-3)19(28)11-34-27(28)18-6-23-25(39-14-37-23)8-21(18)33-4/h5-9,15,19,26-27H,10-14H2,1-4H3/t19-,26-,27+,28-/m1/s1. The van der Waals surface area contributed by atoms with Gasteiger partial charge in [0.05, 0.1) is 46.3 Å². The molecule has 4 aliphatic heterocycles. The van der Waals surface area contributed by atoms with Gasteiger partial charge in [0.2, 0.25) is 13.6 Å². The van der Waals surface area contributed by atoms with Gasteiger partial charge in [0, 0.05) is 35.2 Å². The third kappa shape index (κ3) is 3.93. The fraction of sp³-hybridized carbons (Fsp3) is 0.500. The Hall–Kier alpha value is -3.74. The van der Waals surface area contributed by atoms with Crippen molar-refractivity contribution in [2.24, 2.45) is 5.92 Å². The fourth-order valence-corrected chi connectivity index (χ4v) is 5.92. The average Bonchev–Trinajstić information content (AvgIpc) is 3.78. The Morgan fingerprint density at radius 3 is 2.15 bits per heavy atom. The second-order valence-corrected chi connectivity index (χ2v) is 10.5. The number of ether oxygens (including phenoxy) is 9. The van der Waals surface area contributed by atoms with E-state index in [0.29, 0.717) is 46.8 Å². The molecular weight excluding hydrogens is 522 g/mol. The van der Waals surface area contributed by atoms with Gasteiger partial charge < -0.3 is 42.6 Å². The summed E-state index contributed by atoms with van der Waals surface area (Å²) in [6.45, 7) is 5.28. The number of benzene rings is 2. The molecule has 212 valence electrons. The van der Waals surface area contributed by atoms with Crippen molar-refractivity contribution < 1.29 is 42.6 Å². The van der Waals surface area contributed by atoms with Gasteiger partial charge >= 0.3 is 0 Å². The summed E-state index contributed by atoms with van der Waals surface area (Å²) in [6, 6.07) is 7.67. The Kier molecular flexibility index (Phi) is 6.13. The Balaban J connectivity index is 1.28. The van der Waals surface area contributed by atoms with E-state index in [4.69, 9.17) is 42.6 Å². The second-order valence-electron chi connectivity index (χ2n) is 10.5. The van der Waals surface area contributed by atoms with Crippen LogP contribution >= 0.6 is 0 Å². The number of fused-ring (bicyclic) bond motifs is 3. The zero-order valence-electron chi connectivity index (χ0n) is 22.7. The highest BCUT2D eigenvalue weighted by atomic mass is 16.7. The van der Waals surface area contributed by atoms with Crippen LogP contribution in [0.4, 0.5) is 0 Å². The molecule has 7 rings (SSSR count). The highest BCUT2D eigenvalue weighted by molar-refractivity contribution is 5.55. The molecule has 2 saturated heterocycles. The van der Waals surface area contributed by atoms with Crippen LogP contribution in [0.15, 0.2) is 30.5 Å². The Morgan fingerprint density at radius 1 is 0.900 bits per heavy atom. The van der Waals surface area contributed by atoms with Crippen molar-refractivity contribution in [3.05, 3.63) is 47.3 Å². The lowest BCUT2D eigenvalue weighted by Gasteiger charge is -2.33. The largest absolute Gasteiger partial charge is 0.496 e. The van der Waals surface area contributed by atoms with Crippen LogP contribution in [0.2, 0.25) is 0 Å². The van der Waals surface area contributed by atoms with Crippen LogP contribution in [0.25, 0.3) is 0 Å². The molecule has 0 radical (unpaired) electrons. The van der Waals surface area contributed by atoms with E-state index in [1.807, 2.05) is 35.1 Å². The molecule has 0 spiro atoms. The van der Waals surface area contributed by atoms with E-state index in [9.17, 15) is 0 Å². The Labute approximate surface area is 230 Å². The second kappa shape index (κ2) is 9.72. The zero-order valence-corrected chi connectivity index (χ0v) is 22.7. The number of rotatable bonds is 8. The van der Waals surface area contributed by atoms with Crippen LogP contribution in [-0.2, 0) is 20.8 Å². The van der Waals surface area contributed by atoms with Crippen LogP contribution < -0.4 is 28.4 Å². The average molecular weight is 554 g/mol. The monoisotopic (exact) mass is 553 g/mol. The summed E-state index contributed by atoms with van der Waals surface area (Å²) >= 11 is 0. The predicted octanol–water partition coefficient (Wildman–Crippen LogP) is 3.75. The maximum Gasteiger partial charge on any atom is 0.231 e. The van der Waals surface area contributed by atoms with Crippen molar-refractivity contribution in [2.45, 2.75) is 44.3 Å². The molecule has 12 nitrogen and oxygen atoms in total. The number of nitrogens with zero attached hydrogens (tertiary/aromatic N) is 3. The molecule has 0 saturated carbocycles. The number of methoxy groups -OCH3 is 2. The van der Waals surface area contributed by atoms with Gasteiger partial charge in [-0.2, -0.15) is 0 Å². The van der Waals surface area contributed by atoms with Gasteiger partial charge in [-0.15, -0.1) is 5.10 Å². The molecule has 4 aliphatic rings. The molecule has 2 aromatic carbocycles. The van der Waals surface area contributed by atoms with E-state index in [1.54, 1.807) is 14.2 Å². The van der Waals surface area contributed by atoms with Gasteiger partial charge in [-0.25, -0.2) is 4.68 Å². The van der Waals surface area contributed by atoms with Crippen molar-refractivity contribution in [2.75, 3.05) is 41.0 Å². The summed E-state index contributed by atoms with van der Waals surface area (Å²) < 4.78 is 55.7. The zero-order chi connectivity index (χ0) is 27.4. The molecule has 4 atom stereocenters. The molecule has 40 heavy (non-hydrogen) atoms. The third-order valence-electron chi connectivity index (χ3n) is 7.98. The van der Waals surface area contributed by atoms with Crippen molar-refractivity contribution in [3.63, 3.8) is 0 Å². The first-order chi connectivity index (χ1) is 19.5. The fourth-order valence-electron chi connectivity index (χ4n) is 5.92. The molecule has 2 fully saturated rings. The topological polar surface area (TPSA) is 114 Å². The summed E-state index contributed by atoms with van der Waals surface area (Å²) in [5, 5.41) is 8.56. The van der Waals surface area contributed by atoms with Gasteiger partial charge in [0.1, 0.15) is 28.9 Å². The first kappa shape index (κ1) is 25.2. The molecule has 0 amide bonds. The van der Waals surface area contributed by atoms with E-state index in [2.05, 4.69) is 24.2 Å². The summed E-state index contributed by atoms with van der Waals surface area (Å²) in [6.07, 6.45) is 0.990. The Bertz CT molecular complexity index is 1430. The normalized spacial score (nSPS) is 26.0. The maximum absolute atomic E-state index is 6.81. The first-order valence-electron chi connectivity index (χ1n) is 13.2. The molecule has 5 heterocycles. The van der Waals surface area contributed by atoms with Gasteiger partial charge in [-0.1, -0.05) is 5.21 Å². The number of hydrogen-bond donors (Lipinski definition) is 0. The molecule has 12 heteroatoms. The Morgan fingerprint density at radius 2 is 1.52 bits per heavy atom. The lowest BCUT2D eigenvalue weighted by molar-refractivity contribution is -0.118. The van der Waals surface area contributed by atoms with Crippen molar-refractivity contribution in [1.29, 1.82) is 0 Å². The molecule has 0 bridgehead atoms. The molecule has 0 aliphatic carbocycles. The SMILES string of the molecule is COc1cc2c(cc1[C@H]1OC[C@@]3(OCc4cn(C(C)C)nn4)[C@@H]1CO[C@H]3c1cc3c(cc1OC)OCO3)OCO2. The van der Waals surface area contributed by atoms with Crippen LogP contribution in [0.5, 0.6) is 34.5 Å². The van der Waals surface area contributed by atoms with Crippen LogP contribution in [0.3, 0.4) is 0 Å². The van der Waals surface area contributed by atoms with Crippen LogP contribution in [0, 0.1) is 5.92 Å². The highest BCUT2D eigenvalue weighted by Crippen LogP contribution is 2.59. The van der Waals surface area contributed by atoms with E-state index in [-0.39, 0.29) is 44.9 Å². The predicted molar refractivity (Wildman–Crippen MR) is 137 cm³/mol. The van der Waals surface area contributed by atoms with Crippen LogP contribution in [-0.4, -0.2) is 61.6 Å². The lowest BCUT2D eigenvalue weighted by atomic mass is 9.80. The molecule has 1 aromatic heterocycles. The van der Waals surface area contributed by atoms with Crippen molar-refractivity contribution in [3.8, 4) is 34.5 Å². The van der Waals surface area contributed by atoms with Gasteiger partial charge in [-0.3, -0.25) is 0 Å². The minimum absolute atomic E-state index is 0.151. The van der Waals surface area contributed by atoms with E-state index in [0.717, 1.165) is 11.1 Å². The lowest BCUT2D eigenvalue weighted by Crippen LogP contribution is -2.42. The van der Waals surface area contributed by atoms with Crippen LogP contribution in [0.1, 0.15) is 48.9 Å². The van der Waals surface area contributed by atoms with E-state index >= 15 is 0 Å². The van der Waals surface area contributed by atoms with E-state index in [1.165, 1.54) is 0 Å². The highest BCUT2D eigenvalue weighted by Gasteiger charge is 2.62. The minimum atomic E-state index is -0.880. The maximum atomic E-state index is 6.81. The van der Waals surface area contributed by atoms with E-state index < -0.39 is 11.7 Å². The summed E-state index contributed by atoms with van der Waals surface area (Å²) in [4.78, 5) is 0. The summed E-state index contributed by atoms with van der Waals surface area (Å²) in [5.74, 6) is 3.62. The molecule has 0 unspecified atom stereocenters. The number of hydrogen-bond acceptors (Lipinski definition) is 11. The summed E-state index contributed by atoms with van der Waals surface area (Å²) in [7, 11) is 3.25. The van der Waals surface area contributed by atoms with Crippen molar-refractivity contribution in [1.82, 2.24) is 15.0 Å². The van der Waals surface area contributed by atoms with Gasteiger partial charge in [-0.05, 0) is 26.0 Å². The summed E-state index contributed by atoms with van der Waals surface area (Å²) in [5.41, 5.74) is 1.47. The molecular formula is C28H31N3O9. The quantitative estimate of drug-likeness (QED) is 0.406.